The number of aromatic nitrogens is 3. The van der Waals surface area contributed by atoms with E-state index in [2.05, 4.69) is 39.8 Å². The molecule has 1 unspecified atom stereocenters. The largest absolute Gasteiger partial charge is 0.345 e. The van der Waals surface area contributed by atoms with E-state index in [0.29, 0.717) is 11.6 Å². The molecule has 2 N–H and O–H groups in total. The van der Waals surface area contributed by atoms with Crippen LogP contribution in [0.5, 0.6) is 0 Å². The Labute approximate surface area is 152 Å². The molecule has 0 bridgehead atoms. The molecule has 2 heterocycles. The number of amides is 1. The molecule has 0 radical (unpaired) electrons. The minimum absolute atomic E-state index is 0.0925. The molecule has 4 aromatic rings. The molecule has 26 heavy (non-hydrogen) atoms. The summed E-state index contributed by atoms with van der Waals surface area (Å²) in [5.41, 5.74) is 3.63. The highest BCUT2D eigenvalue weighted by Gasteiger charge is 2.17. The van der Waals surface area contributed by atoms with E-state index in [-0.39, 0.29) is 11.9 Å². The number of benzene rings is 2. The van der Waals surface area contributed by atoms with Gasteiger partial charge in [0.1, 0.15) is 5.82 Å². The SMILES string of the molecule is CC(NC(=O)c1cccc2c1ccn2C(C)C)c1nc2ccccc2[nH]1. The first kappa shape index (κ1) is 16.4. The third kappa shape index (κ3) is 2.75. The molecule has 0 aliphatic carbocycles. The Bertz CT molecular complexity index is 1060. The fourth-order valence-electron chi connectivity index (χ4n) is 3.36. The van der Waals surface area contributed by atoms with Gasteiger partial charge in [0.2, 0.25) is 0 Å². The minimum atomic E-state index is -0.211. The van der Waals surface area contributed by atoms with Crippen molar-refractivity contribution in [2.24, 2.45) is 0 Å². The Balaban J connectivity index is 1.62. The van der Waals surface area contributed by atoms with E-state index in [1.807, 2.05) is 55.6 Å². The number of hydrogen-bond donors (Lipinski definition) is 2. The predicted octanol–water partition coefficient (Wildman–Crippen LogP) is 4.59. The van der Waals surface area contributed by atoms with Gasteiger partial charge in [0.25, 0.3) is 5.91 Å². The molecule has 4 rings (SSSR count). The Morgan fingerprint density at radius 2 is 1.88 bits per heavy atom. The number of carbonyl (C=O) groups excluding carboxylic acids is 1. The summed E-state index contributed by atoms with van der Waals surface area (Å²) in [6.45, 7) is 6.21. The van der Waals surface area contributed by atoms with Gasteiger partial charge in [0.05, 0.1) is 17.1 Å². The van der Waals surface area contributed by atoms with Crippen molar-refractivity contribution in [2.75, 3.05) is 0 Å². The smallest absolute Gasteiger partial charge is 0.252 e. The molecule has 0 saturated heterocycles. The molecule has 1 atom stereocenters. The van der Waals surface area contributed by atoms with Crippen LogP contribution in [0.3, 0.4) is 0 Å². The summed E-state index contributed by atoms with van der Waals surface area (Å²) in [6.07, 6.45) is 2.04. The minimum Gasteiger partial charge on any atom is -0.345 e. The zero-order chi connectivity index (χ0) is 18.3. The third-order valence-electron chi connectivity index (χ3n) is 4.73. The summed E-state index contributed by atoms with van der Waals surface area (Å²) in [5.74, 6) is 0.663. The van der Waals surface area contributed by atoms with E-state index >= 15 is 0 Å². The van der Waals surface area contributed by atoms with E-state index in [1.54, 1.807) is 0 Å². The number of H-pyrrole nitrogens is 1. The van der Waals surface area contributed by atoms with Gasteiger partial charge in [-0.1, -0.05) is 18.2 Å². The standard InChI is InChI=1S/C21H22N4O/c1-13(2)25-12-11-15-16(7-6-10-19(15)25)21(26)22-14(3)20-23-17-8-4-5-9-18(17)24-20/h4-14H,1-3H3,(H,22,26)(H,23,24). The maximum Gasteiger partial charge on any atom is 0.252 e. The molecule has 0 spiro atoms. The van der Waals surface area contributed by atoms with E-state index in [4.69, 9.17) is 0 Å². The number of nitrogens with zero attached hydrogens (tertiary/aromatic N) is 2. The van der Waals surface area contributed by atoms with Crippen molar-refractivity contribution in [1.29, 1.82) is 0 Å². The molecule has 2 aromatic heterocycles. The van der Waals surface area contributed by atoms with Crippen molar-refractivity contribution in [1.82, 2.24) is 19.9 Å². The number of hydrogen-bond acceptors (Lipinski definition) is 2. The van der Waals surface area contributed by atoms with Crippen molar-refractivity contribution in [3.05, 3.63) is 66.1 Å². The first-order chi connectivity index (χ1) is 12.5. The Morgan fingerprint density at radius 1 is 1.08 bits per heavy atom. The first-order valence-corrected chi connectivity index (χ1v) is 8.89. The van der Waals surface area contributed by atoms with Crippen LogP contribution in [0, 0.1) is 0 Å². The summed E-state index contributed by atoms with van der Waals surface area (Å²) in [5, 5.41) is 4.03. The number of nitrogens with one attached hydrogen (secondary N) is 2. The highest BCUT2D eigenvalue weighted by atomic mass is 16.1. The van der Waals surface area contributed by atoms with E-state index in [0.717, 1.165) is 27.8 Å². The van der Waals surface area contributed by atoms with Crippen LogP contribution in [0.1, 0.15) is 49.0 Å². The second-order valence-electron chi connectivity index (χ2n) is 6.89. The third-order valence-corrected chi connectivity index (χ3v) is 4.73. The van der Waals surface area contributed by atoms with Gasteiger partial charge in [-0.25, -0.2) is 4.98 Å². The van der Waals surface area contributed by atoms with Crippen molar-refractivity contribution in [3.8, 4) is 0 Å². The molecule has 5 nitrogen and oxygen atoms in total. The highest BCUT2D eigenvalue weighted by Crippen LogP contribution is 2.24. The van der Waals surface area contributed by atoms with Crippen LogP contribution < -0.4 is 5.32 Å². The molecular formula is C21H22N4O. The average Bonchev–Trinajstić information content (AvgIpc) is 3.25. The van der Waals surface area contributed by atoms with E-state index in [1.165, 1.54) is 0 Å². The second-order valence-corrected chi connectivity index (χ2v) is 6.89. The van der Waals surface area contributed by atoms with Crippen molar-refractivity contribution in [3.63, 3.8) is 0 Å². The van der Waals surface area contributed by atoms with Crippen LogP contribution in [0.25, 0.3) is 21.9 Å². The monoisotopic (exact) mass is 346 g/mol. The van der Waals surface area contributed by atoms with Crippen LogP contribution in [-0.2, 0) is 0 Å². The van der Waals surface area contributed by atoms with Gasteiger partial charge in [-0.15, -0.1) is 0 Å². The second kappa shape index (κ2) is 6.33. The van der Waals surface area contributed by atoms with E-state index < -0.39 is 0 Å². The molecule has 0 fully saturated rings. The molecule has 0 aliphatic heterocycles. The zero-order valence-electron chi connectivity index (χ0n) is 15.2. The molecule has 5 heteroatoms. The number of carbonyl (C=O) groups is 1. The summed E-state index contributed by atoms with van der Waals surface area (Å²) in [4.78, 5) is 20.7. The Hall–Kier alpha value is -3.08. The fourth-order valence-corrected chi connectivity index (χ4v) is 3.36. The molecule has 1 amide bonds. The molecule has 0 saturated carbocycles. The Morgan fingerprint density at radius 3 is 2.65 bits per heavy atom. The topological polar surface area (TPSA) is 62.7 Å². The van der Waals surface area contributed by atoms with Crippen LogP contribution in [0.2, 0.25) is 0 Å². The number of para-hydroxylation sites is 2. The van der Waals surface area contributed by atoms with E-state index in [9.17, 15) is 4.79 Å². The predicted molar refractivity (Wildman–Crippen MR) is 104 cm³/mol. The highest BCUT2D eigenvalue weighted by molar-refractivity contribution is 6.06. The summed E-state index contributed by atoms with van der Waals surface area (Å²) >= 11 is 0. The summed E-state index contributed by atoms with van der Waals surface area (Å²) in [7, 11) is 0. The van der Waals surface area contributed by atoms with Gasteiger partial charge in [-0.2, -0.15) is 0 Å². The molecule has 0 aliphatic rings. The number of imidazole rings is 1. The lowest BCUT2D eigenvalue weighted by atomic mass is 10.1. The lowest BCUT2D eigenvalue weighted by Crippen LogP contribution is -2.27. The lowest BCUT2D eigenvalue weighted by Gasteiger charge is -2.13. The summed E-state index contributed by atoms with van der Waals surface area (Å²) < 4.78 is 2.18. The lowest BCUT2D eigenvalue weighted by molar-refractivity contribution is 0.0940. The quantitative estimate of drug-likeness (QED) is 0.568. The zero-order valence-corrected chi connectivity index (χ0v) is 15.2. The average molecular weight is 346 g/mol. The van der Waals surface area contributed by atoms with Crippen molar-refractivity contribution in [2.45, 2.75) is 32.9 Å². The Kier molecular flexibility index (Phi) is 3.99. The maximum absolute atomic E-state index is 12.9. The molecule has 2 aromatic carbocycles. The normalized spacial score (nSPS) is 12.8. The van der Waals surface area contributed by atoms with Gasteiger partial charge in [-0.05, 0) is 51.1 Å². The summed E-state index contributed by atoms with van der Waals surface area (Å²) in [6, 6.07) is 15.9. The first-order valence-electron chi connectivity index (χ1n) is 8.89. The number of aromatic amines is 1. The van der Waals surface area contributed by atoms with Gasteiger partial charge >= 0.3 is 0 Å². The van der Waals surface area contributed by atoms with Gasteiger partial charge in [0.15, 0.2) is 0 Å². The van der Waals surface area contributed by atoms with Crippen molar-refractivity contribution >= 4 is 27.8 Å². The molecular weight excluding hydrogens is 324 g/mol. The van der Waals surface area contributed by atoms with Crippen molar-refractivity contribution < 1.29 is 4.79 Å². The molecule has 132 valence electrons. The van der Waals surface area contributed by atoms with Gasteiger partial charge < -0.3 is 14.9 Å². The van der Waals surface area contributed by atoms with Crippen LogP contribution in [0.15, 0.2) is 54.7 Å². The van der Waals surface area contributed by atoms with Gasteiger partial charge in [0, 0.05) is 28.7 Å². The van der Waals surface area contributed by atoms with Crippen LogP contribution in [-0.4, -0.2) is 20.4 Å². The maximum atomic E-state index is 12.9. The van der Waals surface area contributed by atoms with Crippen LogP contribution in [0.4, 0.5) is 0 Å². The number of fused-ring (bicyclic) bond motifs is 2. The number of rotatable bonds is 4. The fraction of sp³-hybridized carbons (Fsp3) is 0.238. The van der Waals surface area contributed by atoms with Gasteiger partial charge in [-0.3, -0.25) is 4.79 Å². The van der Waals surface area contributed by atoms with Crippen LogP contribution >= 0.6 is 0 Å².